The lowest BCUT2D eigenvalue weighted by atomic mass is 10.1. The minimum absolute atomic E-state index is 0.139. The third-order valence-electron chi connectivity index (χ3n) is 4.50. The fourth-order valence-corrected chi connectivity index (χ4v) is 3.10. The van der Waals surface area contributed by atoms with Crippen molar-refractivity contribution in [2.75, 3.05) is 45.9 Å². The van der Waals surface area contributed by atoms with Crippen LogP contribution in [0.3, 0.4) is 0 Å². The first-order valence-corrected chi connectivity index (χ1v) is 9.10. The maximum absolute atomic E-state index is 12.0. The summed E-state index contributed by atoms with van der Waals surface area (Å²) in [7, 11) is 0. The zero-order valence-corrected chi connectivity index (χ0v) is 15.1. The zero-order valence-electron chi connectivity index (χ0n) is 15.1. The number of nitrogens with zero attached hydrogens (tertiary/aromatic N) is 3. The van der Waals surface area contributed by atoms with Gasteiger partial charge in [0.05, 0.1) is 6.54 Å². The molecule has 1 aliphatic heterocycles. The smallest absolute Gasteiger partial charge is 0.372 e. The number of hydrogen-bond donors (Lipinski definition) is 0. The quantitative estimate of drug-likeness (QED) is 0.654. The van der Waals surface area contributed by atoms with Gasteiger partial charge in [-0.2, -0.15) is 13.2 Å². The second-order valence-electron chi connectivity index (χ2n) is 6.68. The molecule has 0 unspecified atom stereocenters. The molecule has 2 aromatic rings. The van der Waals surface area contributed by atoms with Crippen LogP contribution in [0, 0.1) is 0 Å². The molecule has 8 heteroatoms. The molecule has 0 bridgehead atoms. The lowest BCUT2D eigenvalue weighted by Gasteiger charge is -2.34. The molecule has 0 saturated carbocycles. The van der Waals surface area contributed by atoms with Crippen molar-refractivity contribution in [2.24, 2.45) is 0 Å². The van der Waals surface area contributed by atoms with Crippen LogP contribution in [0.1, 0.15) is 12.2 Å². The van der Waals surface area contributed by atoms with Gasteiger partial charge >= 0.3 is 6.18 Å². The maximum atomic E-state index is 12.0. The van der Waals surface area contributed by atoms with E-state index in [1.807, 2.05) is 36.4 Å². The summed E-state index contributed by atoms with van der Waals surface area (Å²) in [4.78, 5) is 4.55. The molecule has 27 heavy (non-hydrogen) atoms. The second-order valence-corrected chi connectivity index (χ2v) is 6.68. The van der Waals surface area contributed by atoms with Crippen LogP contribution in [0.4, 0.5) is 13.2 Å². The Morgan fingerprint density at radius 3 is 2.44 bits per heavy atom. The molecular formula is C19H24F3N3O2. The third kappa shape index (κ3) is 6.64. The molecule has 2 heterocycles. The van der Waals surface area contributed by atoms with Crippen molar-refractivity contribution in [3.05, 3.63) is 42.2 Å². The van der Waals surface area contributed by atoms with Crippen LogP contribution in [0.15, 0.2) is 40.9 Å². The molecule has 1 aromatic heterocycles. The van der Waals surface area contributed by atoms with E-state index in [4.69, 9.17) is 4.52 Å². The molecule has 148 valence electrons. The van der Waals surface area contributed by atoms with E-state index in [9.17, 15) is 13.2 Å². The van der Waals surface area contributed by atoms with Gasteiger partial charge < -0.3 is 14.2 Å². The van der Waals surface area contributed by atoms with E-state index < -0.39 is 12.8 Å². The number of hydrogen-bond acceptors (Lipinski definition) is 5. The Hall–Kier alpha value is -1.90. The van der Waals surface area contributed by atoms with E-state index in [1.54, 1.807) is 0 Å². The van der Waals surface area contributed by atoms with Gasteiger partial charge in [-0.25, -0.2) is 0 Å². The Morgan fingerprint density at radius 2 is 1.74 bits per heavy atom. The van der Waals surface area contributed by atoms with Gasteiger partial charge in [0.15, 0.2) is 5.76 Å². The number of rotatable bonds is 8. The maximum Gasteiger partial charge on any atom is 0.411 e. The fraction of sp³-hybridized carbons (Fsp3) is 0.526. The van der Waals surface area contributed by atoms with Gasteiger partial charge in [0.1, 0.15) is 12.3 Å². The van der Waals surface area contributed by atoms with Crippen LogP contribution in [0.25, 0.3) is 11.3 Å². The van der Waals surface area contributed by atoms with Crippen molar-refractivity contribution in [3.63, 3.8) is 0 Å². The van der Waals surface area contributed by atoms with Crippen molar-refractivity contribution >= 4 is 0 Å². The van der Waals surface area contributed by atoms with E-state index >= 15 is 0 Å². The van der Waals surface area contributed by atoms with Crippen molar-refractivity contribution in [1.82, 2.24) is 15.0 Å². The molecular weight excluding hydrogens is 359 g/mol. The molecule has 0 N–H and O–H groups in total. The standard InChI is InChI=1S/C19H24F3N3O2/c20-19(21,22)15-26-12-4-7-24-8-10-25(11-9-24)14-17-13-18(23-27-17)16-5-2-1-3-6-16/h1-3,5-6,13H,4,7-12,14-15H2. The van der Waals surface area contributed by atoms with Crippen LogP contribution < -0.4 is 0 Å². The lowest BCUT2D eigenvalue weighted by Crippen LogP contribution is -2.46. The normalized spacial score (nSPS) is 16.7. The highest BCUT2D eigenvalue weighted by Crippen LogP contribution is 2.20. The number of aromatic nitrogens is 1. The highest BCUT2D eigenvalue weighted by molar-refractivity contribution is 5.58. The number of piperazine rings is 1. The molecule has 0 spiro atoms. The largest absolute Gasteiger partial charge is 0.411 e. The minimum Gasteiger partial charge on any atom is -0.372 e. The molecule has 3 rings (SSSR count). The number of ether oxygens (including phenoxy) is 1. The number of halogens is 3. The van der Waals surface area contributed by atoms with Gasteiger partial charge in [-0.05, 0) is 6.42 Å². The summed E-state index contributed by atoms with van der Waals surface area (Å²) >= 11 is 0. The summed E-state index contributed by atoms with van der Waals surface area (Å²) in [6, 6.07) is 11.9. The summed E-state index contributed by atoms with van der Waals surface area (Å²) in [6.45, 7) is 4.00. The molecule has 1 saturated heterocycles. The predicted molar refractivity (Wildman–Crippen MR) is 95.1 cm³/mol. The Kier molecular flexibility index (Phi) is 6.87. The molecule has 0 amide bonds. The first kappa shape index (κ1) is 19.9. The SMILES string of the molecule is FC(F)(F)COCCCN1CCN(Cc2cc(-c3ccccc3)no2)CC1. The van der Waals surface area contributed by atoms with Gasteiger partial charge in [0, 0.05) is 51.0 Å². The number of alkyl halides is 3. The average molecular weight is 383 g/mol. The Morgan fingerprint density at radius 1 is 1.04 bits per heavy atom. The molecule has 0 atom stereocenters. The van der Waals surface area contributed by atoms with E-state index in [2.05, 4.69) is 19.7 Å². The summed E-state index contributed by atoms with van der Waals surface area (Å²) in [5.41, 5.74) is 1.87. The minimum atomic E-state index is -4.24. The van der Waals surface area contributed by atoms with Crippen molar-refractivity contribution in [3.8, 4) is 11.3 Å². The first-order chi connectivity index (χ1) is 13.0. The summed E-state index contributed by atoms with van der Waals surface area (Å²) in [5, 5.41) is 4.14. The van der Waals surface area contributed by atoms with Crippen LogP contribution in [0.5, 0.6) is 0 Å². The molecule has 0 aliphatic carbocycles. The van der Waals surface area contributed by atoms with Crippen LogP contribution in [-0.2, 0) is 11.3 Å². The molecule has 1 fully saturated rings. The van der Waals surface area contributed by atoms with Crippen molar-refractivity contribution in [1.29, 1.82) is 0 Å². The molecule has 1 aromatic carbocycles. The Bertz CT molecular complexity index is 683. The van der Waals surface area contributed by atoms with Crippen LogP contribution >= 0.6 is 0 Å². The molecule has 1 aliphatic rings. The molecule has 0 radical (unpaired) electrons. The highest BCUT2D eigenvalue weighted by atomic mass is 19.4. The molecule has 5 nitrogen and oxygen atoms in total. The van der Waals surface area contributed by atoms with Crippen molar-refractivity contribution < 1.29 is 22.4 Å². The second kappa shape index (κ2) is 9.34. The summed E-state index contributed by atoms with van der Waals surface area (Å²) in [5.74, 6) is 0.836. The lowest BCUT2D eigenvalue weighted by molar-refractivity contribution is -0.174. The van der Waals surface area contributed by atoms with E-state index in [1.165, 1.54) is 0 Å². The van der Waals surface area contributed by atoms with Gasteiger partial charge in [-0.1, -0.05) is 35.5 Å². The van der Waals surface area contributed by atoms with E-state index in [0.717, 1.165) is 49.7 Å². The van der Waals surface area contributed by atoms with E-state index in [0.29, 0.717) is 13.0 Å². The summed E-state index contributed by atoms with van der Waals surface area (Å²) < 4.78 is 46.1. The monoisotopic (exact) mass is 383 g/mol. The zero-order chi connectivity index (χ0) is 19.1. The summed E-state index contributed by atoms with van der Waals surface area (Å²) in [6.07, 6.45) is -3.63. The van der Waals surface area contributed by atoms with Crippen LogP contribution in [0.2, 0.25) is 0 Å². The topological polar surface area (TPSA) is 41.7 Å². The highest BCUT2D eigenvalue weighted by Gasteiger charge is 2.27. The average Bonchev–Trinajstić information content (AvgIpc) is 3.11. The van der Waals surface area contributed by atoms with Crippen molar-refractivity contribution in [2.45, 2.75) is 19.1 Å². The van der Waals surface area contributed by atoms with Gasteiger partial charge in [-0.3, -0.25) is 4.90 Å². The van der Waals surface area contributed by atoms with Gasteiger partial charge in [-0.15, -0.1) is 0 Å². The Balaban J connectivity index is 1.35. The Labute approximate surface area is 156 Å². The third-order valence-corrected chi connectivity index (χ3v) is 4.50. The fourth-order valence-electron chi connectivity index (χ4n) is 3.10. The predicted octanol–water partition coefficient (Wildman–Crippen LogP) is 3.43. The van der Waals surface area contributed by atoms with E-state index in [-0.39, 0.29) is 6.61 Å². The van der Waals surface area contributed by atoms with Crippen LogP contribution in [-0.4, -0.2) is 67.1 Å². The van der Waals surface area contributed by atoms with Gasteiger partial charge in [0.2, 0.25) is 0 Å². The van der Waals surface area contributed by atoms with Gasteiger partial charge in [0.25, 0.3) is 0 Å². The number of benzene rings is 1. The first-order valence-electron chi connectivity index (χ1n) is 9.10.